The van der Waals surface area contributed by atoms with Crippen LogP contribution in [-0.2, 0) is 4.74 Å². The molecule has 0 radical (unpaired) electrons. The molecule has 1 amide bonds. The van der Waals surface area contributed by atoms with Gasteiger partial charge in [0.15, 0.2) is 0 Å². The van der Waals surface area contributed by atoms with Crippen LogP contribution < -0.4 is 0 Å². The highest BCUT2D eigenvalue weighted by Gasteiger charge is 2.18. The van der Waals surface area contributed by atoms with Gasteiger partial charge in [-0.3, -0.25) is 10.1 Å². The third-order valence-corrected chi connectivity index (χ3v) is 3.16. The third-order valence-electron chi connectivity index (χ3n) is 3.16. The smallest absolute Gasteiger partial charge is 0.409 e. The fraction of sp³-hybridized carbons (Fsp3) is 0.400. The summed E-state index contributed by atoms with van der Waals surface area (Å²) in [4.78, 5) is 22.8. The number of ether oxygens (including phenoxy) is 1. The second kappa shape index (κ2) is 7.56. The fourth-order valence-electron chi connectivity index (χ4n) is 1.69. The average molecular weight is 308 g/mol. The lowest BCUT2D eigenvalue weighted by molar-refractivity contribution is -0.384. The Morgan fingerprint density at radius 2 is 1.95 bits per heavy atom. The minimum atomic E-state index is -0.867. The molecule has 120 valence electrons. The van der Waals surface area contributed by atoms with Crippen LogP contribution in [-0.4, -0.2) is 41.2 Å². The highest BCUT2D eigenvalue weighted by Crippen LogP contribution is 2.24. The first kappa shape index (κ1) is 17.6. The number of non-ortho nitro benzene ring substituents is 1. The first-order valence-corrected chi connectivity index (χ1v) is 6.70. The van der Waals surface area contributed by atoms with Crippen LogP contribution in [0.4, 0.5) is 10.5 Å². The summed E-state index contributed by atoms with van der Waals surface area (Å²) in [5, 5.41) is 20.7. The molecule has 7 nitrogen and oxygen atoms in total. The fourth-order valence-corrected chi connectivity index (χ4v) is 1.69. The van der Waals surface area contributed by atoms with Gasteiger partial charge in [-0.1, -0.05) is 6.58 Å². The van der Waals surface area contributed by atoms with Crippen molar-refractivity contribution < 1.29 is 19.6 Å². The van der Waals surface area contributed by atoms with Gasteiger partial charge in [0, 0.05) is 32.6 Å². The normalized spacial score (nSPS) is 13.1. The maximum Gasteiger partial charge on any atom is 0.409 e. The van der Waals surface area contributed by atoms with Crippen molar-refractivity contribution in [2.24, 2.45) is 0 Å². The van der Waals surface area contributed by atoms with Crippen LogP contribution in [0.15, 0.2) is 36.4 Å². The molecule has 1 aromatic rings. The summed E-state index contributed by atoms with van der Waals surface area (Å²) >= 11 is 0. The van der Waals surface area contributed by atoms with Crippen LogP contribution in [0, 0.1) is 10.1 Å². The van der Waals surface area contributed by atoms with E-state index in [1.165, 1.54) is 29.2 Å². The molecule has 0 heterocycles. The van der Waals surface area contributed by atoms with E-state index in [-0.39, 0.29) is 12.1 Å². The maximum absolute atomic E-state index is 11.5. The van der Waals surface area contributed by atoms with E-state index in [4.69, 9.17) is 4.74 Å². The molecule has 0 saturated heterocycles. The Morgan fingerprint density at radius 3 is 2.41 bits per heavy atom. The van der Waals surface area contributed by atoms with E-state index in [0.717, 1.165) is 0 Å². The molecule has 1 aromatic carbocycles. The zero-order chi connectivity index (χ0) is 16.9. The Morgan fingerprint density at radius 1 is 1.41 bits per heavy atom. The Labute approximate surface area is 129 Å². The summed E-state index contributed by atoms with van der Waals surface area (Å²) in [6, 6.07) is 5.65. The molecule has 1 N–H and O–H groups in total. The number of hydrogen-bond acceptors (Lipinski definition) is 5. The first-order valence-electron chi connectivity index (χ1n) is 6.70. The van der Waals surface area contributed by atoms with Crippen LogP contribution in [0.5, 0.6) is 0 Å². The highest BCUT2D eigenvalue weighted by atomic mass is 16.6. The van der Waals surface area contributed by atoms with Crippen LogP contribution in [0.3, 0.4) is 0 Å². The lowest BCUT2D eigenvalue weighted by Crippen LogP contribution is -2.27. The van der Waals surface area contributed by atoms with Crippen molar-refractivity contribution in [3.05, 3.63) is 52.1 Å². The summed E-state index contributed by atoms with van der Waals surface area (Å²) in [6.45, 7) is 5.49. The van der Waals surface area contributed by atoms with Gasteiger partial charge in [-0.2, -0.15) is 0 Å². The molecule has 0 aliphatic carbocycles. The van der Waals surface area contributed by atoms with Crippen molar-refractivity contribution in [3.8, 4) is 0 Å². The summed E-state index contributed by atoms with van der Waals surface area (Å²) in [7, 11) is 3.15. The maximum atomic E-state index is 11.5. The minimum absolute atomic E-state index is 0.0388. The van der Waals surface area contributed by atoms with Gasteiger partial charge in [-0.25, -0.2) is 4.79 Å². The van der Waals surface area contributed by atoms with E-state index in [9.17, 15) is 20.0 Å². The standard InChI is InChI=1S/C15H20N2O5/c1-10(11(2)22-15(19)16(3)4)9-14(18)12-5-7-13(8-6-12)17(20)21/h5-8,11,14,18H,1,9H2,2-4H3/t11-,14-/m1/s1. The number of benzene rings is 1. The van der Waals surface area contributed by atoms with Crippen molar-refractivity contribution in [1.29, 1.82) is 0 Å². The number of nitro groups is 1. The highest BCUT2D eigenvalue weighted by molar-refractivity contribution is 5.67. The molecule has 0 unspecified atom stereocenters. The van der Waals surface area contributed by atoms with Crippen LogP contribution in [0.25, 0.3) is 0 Å². The molecule has 0 fully saturated rings. The lowest BCUT2D eigenvalue weighted by Gasteiger charge is -2.20. The lowest BCUT2D eigenvalue weighted by atomic mass is 9.99. The van der Waals surface area contributed by atoms with Gasteiger partial charge in [-0.05, 0) is 30.2 Å². The van der Waals surface area contributed by atoms with Crippen molar-refractivity contribution >= 4 is 11.8 Å². The first-order chi connectivity index (χ1) is 10.2. The quantitative estimate of drug-likeness (QED) is 0.495. The Bertz CT molecular complexity index is 554. The third kappa shape index (κ3) is 4.85. The number of rotatable bonds is 6. The van der Waals surface area contributed by atoms with E-state index in [1.54, 1.807) is 21.0 Å². The number of amides is 1. The Kier molecular flexibility index (Phi) is 6.06. The summed E-state index contributed by atoms with van der Waals surface area (Å²) in [6.07, 6.45) is -1.70. The summed E-state index contributed by atoms with van der Waals surface area (Å²) in [5.41, 5.74) is 1.06. The SMILES string of the molecule is C=C(C[C@@H](O)c1ccc([N+](=O)[O-])cc1)[C@@H](C)OC(=O)N(C)C. The number of nitrogens with zero attached hydrogens (tertiary/aromatic N) is 2. The minimum Gasteiger partial charge on any atom is -0.442 e. The van der Waals surface area contributed by atoms with Crippen molar-refractivity contribution in [1.82, 2.24) is 4.90 Å². The van der Waals surface area contributed by atoms with Gasteiger partial charge < -0.3 is 14.7 Å². The molecule has 0 bridgehead atoms. The van der Waals surface area contributed by atoms with Crippen molar-refractivity contribution in [2.75, 3.05) is 14.1 Å². The van der Waals surface area contributed by atoms with Gasteiger partial charge >= 0.3 is 6.09 Å². The van der Waals surface area contributed by atoms with Gasteiger partial charge in [0.25, 0.3) is 5.69 Å². The van der Waals surface area contributed by atoms with E-state index in [2.05, 4.69) is 6.58 Å². The van der Waals surface area contributed by atoms with Gasteiger partial charge in [-0.15, -0.1) is 0 Å². The molecule has 22 heavy (non-hydrogen) atoms. The zero-order valence-electron chi connectivity index (χ0n) is 12.9. The number of carbonyl (C=O) groups is 1. The molecule has 7 heteroatoms. The molecule has 2 atom stereocenters. The second-order valence-electron chi connectivity index (χ2n) is 5.15. The Balaban J connectivity index is 2.63. The summed E-state index contributed by atoms with van der Waals surface area (Å²) < 4.78 is 5.15. The van der Waals surface area contributed by atoms with E-state index >= 15 is 0 Å². The van der Waals surface area contributed by atoms with Gasteiger partial charge in [0.05, 0.1) is 11.0 Å². The summed E-state index contributed by atoms with van der Waals surface area (Å²) in [5.74, 6) is 0. The van der Waals surface area contributed by atoms with E-state index in [0.29, 0.717) is 11.1 Å². The average Bonchev–Trinajstić information content (AvgIpc) is 2.46. The molecular formula is C15H20N2O5. The molecule has 0 aromatic heterocycles. The number of nitro benzene ring substituents is 1. The number of carbonyl (C=O) groups excluding carboxylic acids is 1. The number of hydrogen-bond donors (Lipinski definition) is 1. The van der Waals surface area contributed by atoms with Crippen molar-refractivity contribution in [3.63, 3.8) is 0 Å². The molecule has 0 spiro atoms. The molecule has 0 aliphatic heterocycles. The van der Waals surface area contributed by atoms with Gasteiger partial charge in [0.2, 0.25) is 0 Å². The van der Waals surface area contributed by atoms with E-state index in [1.807, 2.05) is 0 Å². The second-order valence-corrected chi connectivity index (χ2v) is 5.15. The van der Waals surface area contributed by atoms with E-state index < -0.39 is 23.2 Å². The molecular weight excluding hydrogens is 288 g/mol. The predicted molar refractivity (Wildman–Crippen MR) is 81.4 cm³/mol. The van der Waals surface area contributed by atoms with Crippen LogP contribution in [0.1, 0.15) is 25.0 Å². The Hall–Kier alpha value is -2.41. The molecule has 1 rings (SSSR count). The monoisotopic (exact) mass is 308 g/mol. The largest absolute Gasteiger partial charge is 0.442 e. The molecule has 0 saturated carbocycles. The van der Waals surface area contributed by atoms with Crippen LogP contribution in [0.2, 0.25) is 0 Å². The zero-order valence-corrected chi connectivity index (χ0v) is 12.9. The predicted octanol–water partition coefficient (Wildman–Crippen LogP) is 2.66. The topological polar surface area (TPSA) is 92.9 Å². The number of aliphatic hydroxyl groups is 1. The van der Waals surface area contributed by atoms with Gasteiger partial charge in [0.1, 0.15) is 6.10 Å². The number of aliphatic hydroxyl groups excluding tert-OH is 1. The van der Waals surface area contributed by atoms with Crippen molar-refractivity contribution in [2.45, 2.75) is 25.6 Å². The molecule has 0 aliphatic rings. The van der Waals surface area contributed by atoms with Crippen LogP contribution >= 0.6 is 0 Å².